The van der Waals surface area contributed by atoms with Crippen molar-refractivity contribution < 1.29 is 0 Å². The Balaban J connectivity index is 2.39. The second-order valence-corrected chi connectivity index (χ2v) is 4.31. The van der Waals surface area contributed by atoms with E-state index in [1.54, 1.807) is 18.2 Å². The van der Waals surface area contributed by atoms with Crippen molar-refractivity contribution >= 4 is 23.1 Å². The van der Waals surface area contributed by atoms with Crippen molar-refractivity contribution in [3.8, 4) is 12.1 Å². The third-order valence-electron chi connectivity index (χ3n) is 2.77. The number of aromatic nitrogens is 2. The number of hydrogen-bond acceptors (Lipinski definition) is 5. The lowest BCUT2D eigenvalue weighted by Crippen LogP contribution is -2.01. The van der Waals surface area contributed by atoms with E-state index in [0.717, 1.165) is 5.56 Å². The van der Waals surface area contributed by atoms with Gasteiger partial charge in [0.25, 0.3) is 0 Å². The summed E-state index contributed by atoms with van der Waals surface area (Å²) in [5.41, 5.74) is 2.13. The van der Waals surface area contributed by atoms with Gasteiger partial charge >= 0.3 is 0 Å². The second-order valence-electron chi connectivity index (χ2n) is 3.95. The molecule has 1 aromatic carbocycles. The smallest absolute Gasteiger partial charge is 0.138 e. The van der Waals surface area contributed by atoms with Crippen molar-refractivity contribution in [2.24, 2.45) is 0 Å². The standard InChI is InChI=1S/C14H10ClN5/c1-2-12-13(15)18-8-19-14(12)20-11-4-3-9(6-16)10(5-11)7-17/h3-5,8H,2H2,1H3,(H,18,19,20). The van der Waals surface area contributed by atoms with E-state index in [4.69, 9.17) is 22.1 Å². The number of benzene rings is 1. The van der Waals surface area contributed by atoms with Gasteiger partial charge < -0.3 is 5.32 Å². The van der Waals surface area contributed by atoms with Crippen LogP contribution in [0.25, 0.3) is 0 Å². The van der Waals surface area contributed by atoms with Crippen LogP contribution in [-0.4, -0.2) is 9.97 Å². The van der Waals surface area contributed by atoms with Gasteiger partial charge in [0.2, 0.25) is 0 Å². The molecule has 2 aromatic rings. The molecule has 0 saturated carbocycles. The van der Waals surface area contributed by atoms with Crippen LogP contribution in [0.1, 0.15) is 23.6 Å². The molecule has 1 N–H and O–H groups in total. The van der Waals surface area contributed by atoms with Crippen LogP contribution in [0.4, 0.5) is 11.5 Å². The van der Waals surface area contributed by atoms with Crippen LogP contribution in [-0.2, 0) is 6.42 Å². The zero-order chi connectivity index (χ0) is 14.5. The van der Waals surface area contributed by atoms with Crippen LogP contribution in [0.15, 0.2) is 24.5 Å². The molecule has 1 aromatic heterocycles. The molecule has 5 nitrogen and oxygen atoms in total. The Morgan fingerprint density at radius 2 is 1.95 bits per heavy atom. The van der Waals surface area contributed by atoms with Gasteiger partial charge in [0.15, 0.2) is 0 Å². The molecule has 1 heterocycles. The van der Waals surface area contributed by atoms with E-state index in [0.29, 0.717) is 34.2 Å². The normalized spacial score (nSPS) is 9.60. The molecule has 0 amide bonds. The Morgan fingerprint density at radius 1 is 1.20 bits per heavy atom. The summed E-state index contributed by atoms with van der Waals surface area (Å²) >= 11 is 6.02. The van der Waals surface area contributed by atoms with Crippen molar-refractivity contribution in [1.29, 1.82) is 10.5 Å². The number of anilines is 2. The predicted molar refractivity (Wildman–Crippen MR) is 75.6 cm³/mol. The quantitative estimate of drug-likeness (QED) is 0.874. The third kappa shape index (κ3) is 2.69. The first-order valence-electron chi connectivity index (χ1n) is 5.90. The van der Waals surface area contributed by atoms with Crippen LogP contribution in [0.2, 0.25) is 5.15 Å². The monoisotopic (exact) mass is 283 g/mol. The molecule has 0 atom stereocenters. The molecular weight excluding hydrogens is 274 g/mol. The fraction of sp³-hybridized carbons (Fsp3) is 0.143. The molecule has 20 heavy (non-hydrogen) atoms. The summed E-state index contributed by atoms with van der Waals surface area (Å²) < 4.78 is 0. The van der Waals surface area contributed by atoms with E-state index < -0.39 is 0 Å². The summed E-state index contributed by atoms with van der Waals surface area (Å²) in [5, 5.41) is 21.4. The molecule has 0 aliphatic rings. The van der Waals surface area contributed by atoms with E-state index in [9.17, 15) is 0 Å². The maximum atomic E-state index is 9.01. The third-order valence-corrected chi connectivity index (χ3v) is 3.10. The summed E-state index contributed by atoms with van der Waals surface area (Å²) in [5.74, 6) is 0.598. The number of hydrogen-bond donors (Lipinski definition) is 1. The Morgan fingerprint density at radius 3 is 2.60 bits per heavy atom. The number of rotatable bonds is 3. The zero-order valence-electron chi connectivity index (χ0n) is 10.7. The Bertz CT molecular complexity index is 727. The van der Waals surface area contributed by atoms with E-state index in [1.165, 1.54) is 6.33 Å². The molecule has 0 bridgehead atoms. The summed E-state index contributed by atoms with van der Waals surface area (Å²) in [6, 6.07) is 8.88. The average molecular weight is 284 g/mol. The van der Waals surface area contributed by atoms with Crippen LogP contribution in [0.3, 0.4) is 0 Å². The minimum Gasteiger partial charge on any atom is -0.340 e. The van der Waals surface area contributed by atoms with Gasteiger partial charge in [0, 0.05) is 11.3 Å². The van der Waals surface area contributed by atoms with Crippen LogP contribution < -0.4 is 5.32 Å². The maximum absolute atomic E-state index is 9.01. The fourth-order valence-corrected chi connectivity index (χ4v) is 2.03. The van der Waals surface area contributed by atoms with Gasteiger partial charge in [0.1, 0.15) is 29.4 Å². The van der Waals surface area contributed by atoms with Gasteiger partial charge in [-0.15, -0.1) is 0 Å². The Hall–Kier alpha value is -2.63. The van der Waals surface area contributed by atoms with Crippen LogP contribution in [0, 0.1) is 22.7 Å². The lowest BCUT2D eigenvalue weighted by Gasteiger charge is -2.10. The predicted octanol–water partition coefficient (Wildman–Crippen LogP) is 3.18. The molecule has 6 heteroatoms. The Labute approximate surface area is 121 Å². The van der Waals surface area contributed by atoms with Crippen molar-refractivity contribution in [3.05, 3.63) is 46.4 Å². The van der Waals surface area contributed by atoms with Crippen molar-refractivity contribution in [2.75, 3.05) is 5.32 Å². The number of nitriles is 2. The molecule has 98 valence electrons. The minimum absolute atomic E-state index is 0.315. The van der Waals surface area contributed by atoms with Gasteiger partial charge in [-0.1, -0.05) is 18.5 Å². The first-order valence-corrected chi connectivity index (χ1v) is 6.28. The summed E-state index contributed by atoms with van der Waals surface area (Å²) in [6.07, 6.45) is 2.06. The van der Waals surface area contributed by atoms with Crippen LogP contribution in [0.5, 0.6) is 0 Å². The highest BCUT2D eigenvalue weighted by molar-refractivity contribution is 6.30. The fourth-order valence-electron chi connectivity index (χ4n) is 1.76. The van der Waals surface area contributed by atoms with Gasteiger partial charge in [-0.25, -0.2) is 9.97 Å². The van der Waals surface area contributed by atoms with E-state index in [2.05, 4.69) is 15.3 Å². The first-order chi connectivity index (χ1) is 9.69. The number of nitrogens with zero attached hydrogens (tertiary/aromatic N) is 4. The maximum Gasteiger partial charge on any atom is 0.138 e. The lowest BCUT2D eigenvalue weighted by atomic mass is 10.1. The first kappa shape index (κ1) is 13.8. The number of halogens is 1. The molecule has 2 rings (SSSR count). The van der Waals surface area contributed by atoms with E-state index in [1.807, 2.05) is 19.1 Å². The molecular formula is C14H10ClN5. The van der Waals surface area contributed by atoms with E-state index >= 15 is 0 Å². The average Bonchev–Trinajstić information content (AvgIpc) is 2.47. The Kier molecular flexibility index (Phi) is 4.14. The van der Waals surface area contributed by atoms with Gasteiger partial charge in [-0.2, -0.15) is 10.5 Å². The van der Waals surface area contributed by atoms with E-state index in [-0.39, 0.29) is 0 Å². The van der Waals surface area contributed by atoms with Crippen molar-refractivity contribution in [2.45, 2.75) is 13.3 Å². The highest BCUT2D eigenvalue weighted by atomic mass is 35.5. The molecule has 0 saturated heterocycles. The molecule has 0 fully saturated rings. The van der Waals surface area contributed by atoms with Gasteiger partial charge in [-0.05, 0) is 24.6 Å². The molecule has 0 unspecified atom stereocenters. The highest BCUT2D eigenvalue weighted by Crippen LogP contribution is 2.24. The van der Waals surface area contributed by atoms with Crippen LogP contribution >= 0.6 is 11.6 Å². The molecule has 0 aliphatic carbocycles. The number of nitrogens with one attached hydrogen (secondary N) is 1. The summed E-state index contributed by atoms with van der Waals surface area (Å²) in [7, 11) is 0. The highest BCUT2D eigenvalue weighted by Gasteiger charge is 2.09. The van der Waals surface area contributed by atoms with Gasteiger partial charge in [0.05, 0.1) is 11.1 Å². The summed E-state index contributed by atoms with van der Waals surface area (Å²) in [6.45, 7) is 1.95. The summed E-state index contributed by atoms with van der Waals surface area (Å²) in [4.78, 5) is 8.08. The topological polar surface area (TPSA) is 85.4 Å². The molecule has 0 spiro atoms. The zero-order valence-corrected chi connectivity index (χ0v) is 11.4. The largest absolute Gasteiger partial charge is 0.340 e. The SMILES string of the molecule is CCc1c(Cl)ncnc1Nc1ccc(C#N)c(C#N)c1. The van der Waals surface area contributed by atoms with Crippen molar-refractivity contribution in [3.63, 3.8) is 0 Å². The van der Waals surface area contributed by atoms with Gasteiger partial charge in [-0.3, -0.25) is 0 Å². The van der Waals surface area contributed by atoms with Crippen molar-refractivity contribution in [1.82, 2.24) is 9.97 Å². The second kappa shape index (κ2) is 6.01. The molecule has 0 radical (unpaired) electrons. The minimum atomic E-state index is 0.315. The lowest BCUT2D eigenvalue weighted by molar-refractivity contribution is 1.05. The molecule has 0 aliphatic heterocycles.